The first kappa shape index (κ1) is 22.9. The van der Waals surface area contributed by atoms with E-state index in [4.69, 9.17) is 17.5 Å². The van der Waals surface area contributed by atoms with Crippen LogP contribution in [0.15, 0.2) is 23.1 Å². The number of nitriles is 1. The Morgan fingerprint density at radius 3 is 2.56 bits per heavy atom. The summed E-state index contributed by atoms with van der Waals surface area (Å²) in [6, 6.07) is 4.99. The first-order valence-corrected chi connectivity index (χ1v) is 7.88. The molecule has 1 aromatic rings. The van der Waals surface area contributed by atoms with E-state index in [0.717, 1.165) is 11.8 Å². The van der Waals surface area contributed by atoms with Crippen molar-refractivity contribution in [2.45, 2.75) is 4.90 Å². The van der Waals surface area contributed by atoms with E-state index in [9.17, 15) is 9.59 Å². The summed E-state index contributed by atoms with van der Waals surface area (Å²) in [4.78, 5) is 25.5. The van der Waals surface area contributed by atoms with Gasteiger partial charge in [0.1, 0.15) is 5.40 Å². The predicted octanol–water partition coefficient (Wildman–Crippen LogP) is 2.23. The average molecular weight is 404 g/mol. The first-order valence-electron chi connectivity index (χ1n) is 6.66. The number of thiocyanates is 1. The Morgan fingerprint density at radius 2 is 2.00 bits per heavy atom. The van der Waals surface area contributed by atoms with Gasteiger partial charge in [-0.1, -0.05) is 0 Å². The quantitative estimate of drug-likeness (QED) is 0.390. The second-order valence-electron chi connectivity index (χ2n) is 4.76. The van der Waals surface area contributed by atoms with Gasteiger partial charge >= 0.3 is 6.09 Å². The lowest BCUT2D eigenvalue weighted by Crippen LogP contribution is -2.34. The number of thiocarbonyl (C=S) groups is 1. The van der Waals surface area contributed by atoms with Crippen LogP contribution >= 0.6 is 36.4 Å². The lowest BCUT2D eigenvalue weighted by atomic mass is 10.2. The van der Waals surface area contributed by atoms with Crippen molar-refractivity contribution < 1.29 is 14.3 Å². The number of likely N-dealkylation sites (N-methyl/N-ethyl adjacent to an activating group) is 1. The summed E-state index contributed by atoms with van der Waals surface area (Å²) in [7, 11) is 4.77. The number of halogens is 1. The van der Waals surface area contributed by atoms with Crippen LogP contribution in [0.5, 0.6) is 0 Å². The SMILES string of the molecule is COC(=O)NC(=S)Nc1ccc(SC#N)cc1NC(=O)CN(C)C.Cl. The molecular weight excluding hydrogens is 386 g/mol. The number of anilines is 2. The molecule has 0 aliphatic carbocycles. The normalized spacial score (nSPS) is 9.40. The molecule has 0 fully saturated rings. The second-order valence-corrected chi connectivity index (χ2v) is 6.02. The molecule has 0 bridgehead atoms. The molecule has 0 radical (unpaired) electrons. The highest BCUT2D eigenvalue weighted by Gasteiger charge is 2.12. The van der Waals surface area contributed by atoms with Gasteiger partial charge in [0.15, 0.2) is 5.11 Å². The minimum Gasteiger partial charge on any atom is -0.453 e. The van der Waals surface area contributed by atoms with Crippen molar-refractivity contribution in [2.75, 3.05) is 38.4 Å². The van der Waals surface area contributed by atoms with E-state index < -0.39 is 6.09 Å². The van der Waals surface area contributed by atoms with Crippen LogP contribution in [0.2, 0.25) is 0 Å². The van der Waals surface area contributed by atoms with E-state index >= 15 is 0 Å². The average Bonchev–Trinajstić information content (AvgIpc) is 2.49. The molecule has 1 rings (SSSR count). The van der Waals surface area contributed by atoms with Crippen LogP contribution in [0.1, 0.15) is 0 Å². The first-order chi connectivity index (χ1) is 11.3. The molecule has 8 nitrogen and oxygen atoms in total. The Bertz CT molecular complexity index is 679. The predicted molar refractivity (Wildman–Crippen MR) is 104 cm³/mol. The topological polar surface area (TPSA) is 106 Å². The van der Waals surface area contributed by atoms with Crippen LogP contribution in [-0.4, -0.2) is 49.8 Å². The van der Waals surface area contributed by atoms with Crippen molar-refractivity contribution in [1.29, 1.82) is 5.26 Å². The molecule has 0 aromatic heterocycles. The Balaban J connectivity index is 0.00000576. The number of nitrogens with one attached hydrogen (secondary N) is 3. The molecule has 0 aliphatic rings. The van der Waals surface area contributed by atoms with E-state index in [2.05, 4.69) is 20.7 Å². The molecule has 0 unspecified atom stereocenters. The third-order valence-electron chi connectivity index (χ3n) is 2.54. The zero-order valence-electron chi connectivity index (χ0n) is 13.8. The monoisotopic (exact) mass is 403 g/mol. The van der Waals surface area contributed by atoms with E-state index in [1.807, 2.05) is 5.40 Å². The lowest BCUT2D eigenvalue weighted by Gasteiger charge is -2.16. The van der Waals surface area contributed by atoms with Gasteiger partial charge < -0.3 is 20.3 Å². The van der Waals surface area contributed by atoms with Crippen LogP contribution in [0.25, 0.3) is 0 Å². The number of methoxy groups -OCH3 is 1. The van der Waals surface area contributed by atoms with Crippen LogP contribution in [0.3, 0.4) is 0 Å². The minimum atomic E-state index is -0.706. The Labute approximate surface area is 161 Å². The number of hydrogen-bond acceptors (Lipinski definition) is 7. The molecule has 3 N–H and O–H groups in total. The van der Waals surface area contributed by atoms with E-state index in [1.165, 1.54) is 7.11 Å². The number of carbonyl (C=O) groups excluding carboxylic acids is 2. The highest BCUT2D eigenvalue weighted by Crippen LogP contribution is 2.28. The highest BCUT2D eigenvalue weighted by atomic mass is 35.5. The van der Waals surface area contributed by atoms with Crippen molar-refractivity contribution in [3.8, 4) is 5.40 Å². The van der Waals surface area contributed by atoms with Crippen molar-refractivity contribution in [3.63, 3.8) is 0 Å². The van der Waals surface area contributed by atoms with Crippen LogP contribution < -0.4 is 16.0 Å². The zero-order valence-corrected chi connectivity index (χ0v) is 16.2. The van der Waals surface area contributed by atoms with Crippen LogP contribution in [0, 0.1) is 10.7 Å². The zero-order chi connectivity index (χ0) is 18.1. The van der Waals surface area contributed by atoms with E-state index in [-0.39, 0.29) is 30.0 Å². The van der Waals surface area contributed by atoms with E-state index in [1.54, 1.807) is 37.2 Å². The molecule has 136 valence electrons. The van der Waals surface area contributed by atoms with Gasteiger partial charge in [-0.2, -0.15) is 5.26 Å². The molecule has 1 aromatic carbocycles. The van der Waals surface area contributed by atoms with Crippen molar-refractivity contribution in [3.05, 3.63) is 18.2 Å². The number of thioether (sulfide) groups is 1. The van der Waals surface area contributed by atoms with Crippen LogP contribution in [0.4, 0.5) is 16.2 Å². The maximum Gasteiger partial charge on any atom is 0.413 e. The van der Waals surface area contributed by atoms with Crippen molar-refractivity contribution in [1.82, 2.24) is 10.2 Å². The summed E-state index contributed by atoms with van der Waals surface area (Å²) < 4.78 is 4.46. The second kappa shape index (κ2) is 11.5. The third-order valence-corrected chi connectivity index (χ3v) is 3.32. The highest BCUT2D eigenvalue weighted by molar-refractivity contribution is 8.03. The number of benzene rings is 1. The fraction of sp³-hybridized carbons (Fsp3) is 0.286. The summed E-state index contributed by atoms with van der Waals surface area (Å²) in [5, 5.41) is 18.6. The number of carbonyl (C=O) groups is 2. The molecule has 0 spiro atoms. The fourth-order valence-electron chi connectivity index (χ4n) is 1.63. The van der Waals surface area contributed by atoms with Gasteiger partial charge in [0.2, 0.25) is 5.91 Å². The smallest absolute Gasteiger partial charge is 0.413 e. The molecule has 0 heterocycles. The number of hydrogen-bond donors (Lipinski definition) is 3. The van der Waals surface area contributed by atoms with Crippen LogP contribution in [-0.2, 0) is 9.53 Å². The molecule has 2 amide bonds. The Kier molecular flexibility index (Phi) is 10.5. The van der Waals surface area contributed by atoms with Crippen molar-refractivity contribution in [2.24, 2.45) is 0 Å². The fourth-order valence-corrected chi connectivity index (χ4v) is 2.24. The van der Waals surface area contributed by atoms with Gasteiger partial charge in [-0.25, -0.2) is 4.79 Å². The molecule has 0 saturated carbocycles. The van der Waals surface area contributed by atoms with Gasteiger partial charge in [0.25, 0.3) is 0 Å². The number of ether oxygens (including phenoxy) is 1. The van der Waals surface area contributed by atoms with Crippen molar-refractivity contribution >= 4 is 64.9 Å². The lowest BCUT2D eigenvalue weighted by molar-refractivity contribution is -0.116. The van der Waals surface area contributed by atoms with Gasteiger partial charge in [-0.15, -0.1) is 12.4 Å². The number of amides is 2. The summed E-state index contributed by atoms with van der Waals surface area (Å²) in [6.45, 7) is 0.194. The summed E-state index contributed by atoms with van der Waals surface area (Å²) >= 11 is 5.97. The summed E-state index contributed by atoms with van der Waals surface area (Å²) in [6.07, 6.45) is -0.706. The Hall–Kier alpha value is -2.06. The number of rotatable bonds is 5. The third kappa shape index (κ3) is 8.55. The summed E-state index contributed by atoms with van der Waals surface area (Å²) in [5.74, 6) is -0.228. The maximum absolute atomic E-state index is 12.0. The van der Waals surface area contributed by atoms with Gasteiger partial charge in [-0.3, -0.25) is 10.1 Å². The van der Waals surface area contributed by atoms with Gasteiger partial charge in [-0.05, 0) is 56.3 Å². The molecule has 25 heavy (non-hydrogen) atoms. The summed E-state index contributed by atoms with van der Waals surface area (Å²) in [5.41, 5.74) is 0.918. The van der Waals surface area contributed by atoms with E-state index in [0.29, 0.717) is 16.3 Å². The number of nitrogens with zero attached hydrogens (tertiary/aromatic N) is 2. The van der Waals surface area contributed by atoms with Gasteiger partial charge in [0, 0.05) is 4.90 Å². The molecule has 0 atom stereocenters. The molecule has 0 aliphatic heterocycles. The largest absolute Gasteiger partial charge is 0.453 e. The minimum absolute atomic E-state index is 0. The molecule has 0 saturated heterocycles. The Morgan fingerprint density at radius 1 is 1.32 bits per heavy atom. The van der Waals surface area contributed by atoms with Gasteiger partial charge in [0.05, 0.1) is 25.0 Å². The molecule has 11 heteroatoms. The molecular formula is C14H18ClN5O3S2. The maximum atomic E-state index is 12.0. The number of alkyl carbamates (subject to hydrolysis) is 1. The standard InChI is InChI=1S/C14H17N5O3S2.ClH/c1-19(2)7-12(20)16-11-6-9(24-8-15)4-5-10(11)17-13(23)18-14(21)22-3;/h4-6H,7H2,1-3H3,(H,16,20)(H2,17,18,21,23);1H.